The van der Waals surface area contributed by atoms with E-state index >= 15 is 0 Å². The average molecular weight is 320 g/mol. The van der Waals surface area contributed by atoms with Crippen LogP contribution >= 0.6 is 0 Å². The molecule has 1 aromatic carbocycles. The summed E-state index contributed by atoms with van der Waals surface area (Å²) in [4.78, 5) is 12.9. The first kappa shape index (κ1) is 16.1. The first-order valence-corrected chi connectivity index (χ1v) is 8.39. The largest absolute Gasteiger partial charge is 0.490 e. The summed E-state index contributed by atoms with van der Waals surface area (Å²) in [5.41, 5.74) is 0.942. The van der Waals surface area contributed by atoms with Crippen molar-refractivity contribution < 1.29 is 14.8 Å². The van der Waals surface area contributed by atoms with E-state index in [1.807, 2.05) is 0 Å². The van der Waals surface area contributed by atoms with E-state index in [1.54, 1.807) is 12.1 Å². The fourth-order valence-corrected chi connectivity index (χ4v) is 4.14. The normalized spacial score (nSPS) is 27.9. The van der Waals surface area contributed by atoms with Gasteiger partial charge in [-0.15, -0.1) is 0 Å². The van der Waals surface area contributed by atoms with Crippen molar-refractivity contribution in [3.63, 3.8) is 0 Å². The second-order valence-electron chi connectivity index (χ2n) is 6.53. The molecule has 1 saturated carbocycles. The second-order valence-corrected chi connectivity index (χ2v) is 6.53. The predicted molar refractivity (Wildman–Crippen MR) is 88.0 cm³/mol. The van der Waals surface area contributed by atoms with E-state index in [0.29, 0.717) is 17.7 Å². The Morgan fingerprint density at radius 1 is 1.26 bits per heavy atom. The smallest absolute Gasteiger partial charge is 0.311 e. The van der Waals surface area contributed by atoms with Crippen molar-refractivity contribution in [2.75, 3.05) is 18.6 Å². The molecule has 3 atom stereocenters. The number of nitro groups is 1. The minimum Gasteiger partial charge on any atom is -0.490 e. The quantitative estimate of drug-likeness (QED) is 0.681. The van der Waals surface area contributed by atoms with Crippen molar-refractivity contribution in [1.29, 1.82) is 0 Å². The van der Waals surface area contributed by atoms with Gasteiger partial charge in [-0.2, -0.15) is 0 Å². The molecule has 2 fully saturated rings. The number of hydrogen-bond acceptors (Lipinski definition) is 5. The molecule has 1 aromatic rings. The van der Waals surface area contributed by atoms with Gasteiger partial charge in [0.05, 0.1) is 18.1 Å². The van der Waals surface area contributed by atoms with Gasteiger partial charge < -0.3 is 14.7 Å². The van der Waals surface area contributed by atoms with Crippen LogP contribution < -0.4 is 9.64 Å². The Hall–Kier alpha value is -1.82. The summed E-state index contributed by atoms with van der Waals surface area (Å²) in [7, 11) is 1.46. The monoisotopic (exact) mass is 320 g/mol. The summed E-state index contributed by atoms with van der Waals surface area (Å²) in [5.74, 6) is 0.592. The topological polar surface area (TPSA) is 75.8 Å². The number of benzene rings is 1. The van der Waals surface area contributed by atoms with Crippen LogP contribution in [0.4, 0.5) is 11.4 Å². The van der Waals surface area contributed by atoms with Gasteiger partial charge in [0.25, 0.3) is 0 Å². The molecule has 1 aliphatic heterocycles. The Kier molecular flexibility index (Phi) is 4.71. The van der Waals surface area contributed by atoms with E-state index in [2.05, 4.69) is 4.90 Å². The molecule has 1 saturated heterocycles. The Balaban J connectivity index is 1.86. The molecule has 2 aliphatic rings. The van der Waals surface area contributed by atoms with Crippen LogP contribution in [0.25, 0.3) is 0 Å². The fourth-order valence-electron chi connectivity index (χ4n) is 4.14. The highest BCUT2D eigenvalue weighted by Crippen LogP contribution is 2.39. The first-order chi connectivity index (χ1) is 11.1. The molecule has 3 rings (SSSR count). The molecule has 1 heterocycles. The molecule has 6 heteroatoms. The van der Waals surface area contributed by atoms with Gasteiger partial charge in [0, 0.05) is 36.3 Å². The minimum atomic E-state index is -0.422. The van der Waals surface area contributed by atoms with Gasteiger partial charge in [0.2, 0.25) is 0 Å². The zero-order valence-electron chi connectivity index (χ0n) is 13.5. The van der Waals surface area contributed by atoms with E-state index < -0.39 is 4.92 Å². The summed E-state index contributed by atoms with van der Waals surface area (Å²) in [5, 5.41) is 21.4. The predicted octanol–water partition coefficient (Wildman–Crippen LogP) is 3.12. The number of anilines is 1. The van der Waals surface area contributed by atoms with Crippen molar-refractivity contribution in [3.8, 4) is 5.75 Å². The van der Waals surface area contributed by atoms with Crippen LogP contribution in [0.5, 0.6) is 5.75 Å². The standard InChI is InChI=1S/C17H24N2O4/c1-23-17-11-12(8-9-15(17)19(21)22)18-10-4-6-14(18)13-5-2-3-7-16(13)20/h8-9,11,13-14,16,20H,2-7,10H2,1H3/t13-,14+,16+/m0/s1. The number of rotatable bonds is 4. The lowest BCUT2D eigenvalue weighted by Crippen LogP contribution is -2.42. The minimum absolute atomic E-state index is 0.00954. The molecule has 0 unspecified atom stereocenters. The number of aliphatic hydroxyl groups is 1. The van der Waals surface area contributed by atoms with Crippen molar-refractivity contribution in [2.45, 2.75) is 50.7 Å². The average Bonchev–Trinajstić information content (AvgIpc) is 3.04. The molecule has 6 nitrogen and oxygen atoms in total. The number of hydrogen-bond donors (Lipinski definition) is 1. The number of aliphatic hydroxyl groups excluding tert-OH is 1. The van der Waals surface area contributed by atoms with Crippen molar-refractivity contribution >= 4 is 11.4 Å². The first-order valence-electron chi connectivity index (χ1n) is 8.39. The Labute approximate surface area is 136 Å². The van der Waals surface area contributed by atoms with Crippen LogP contribution in [0.2, 0.25) is 0 Å². The maximum absolute atomic E-state index is 11.0. The van der Waals surface area contributed by atoms with Gasteiger partial charge in [-0.3, -0.25) is 10.1 Å². The van der Waals surface area contributed by atoms with Crippen LogP contribution in [-0.2, 0) is 0 Å². The van der Waals surface area contributed by atoms with Crippen LogP contribution in [-0.4, -0.2) is 35.8 Å². The molecule has 126 valence electrons. The van der Waals surface area contributed by atoms with E-state index in [-0.39, 0.29) is 11.8 Å². The zero-order chi connectivity index (χ0) is 16.4. The van der Waals surface area contributed by atoms with E-state index in [9.17, 15) is 15.2 Å². The van der Waals surface area contributed by atoms with E-state index in [1.165, 1.54) is 19.6 Å². The Morgan fingerprint density at radius 2 is 2.04 bits per heavy atom. The van der Waals surface area contributed by atoms with Crippen LogP contribution in [0, 0.1) is 16.0 Å². The van der Waals surface area contributed by atoms with Crippen LogP contribution in [0.1, 0.15) is 38.5 Å². The molecular weight excluding hydrogens is 296 g/mol. The maximum Gasteiger partial charge on any atom is 0.311 e. The molecular formula is C17H24N2O4. The van der Waals surface area contributed by atoms with Crippen LogP contribution in [0.3, 0.4) is 0 Å². The summed E-state index contributed by atoms with van der Waals surface area (Å²) >= 11 is 0. The van der Waals surface area contributed by atoms with E-state index in [4.69, 9.17) is 4.74 Å². The summed E-state index contributed by atoms with van der Waals surface area (Å²) < 4.78 is 5.19. The molecule has 0 radical (unpaired) electrons. The third-order valence-electron chi connectivity index (χ3n) is 5.27. The number of ether oxygens (including phenoxy) is 1. The SMILES string of the molecule is COc1cc(N2CCC[C@@H]2[C@@H]2CCCC[C@H]2O)ccc1[N+](=O)[O-]. The van der Waals surface area contributed by atoms with Gasteiger partial charge in [-0.05, 0) is 31.7 Å². The van der Waals surface area contributed by atoms with Gasteiger partial charge in [0.1, 0.15) is 0 Å². The maximum atomic E-state index is 11.0. The number of methoxy groups -OCH3 is 1. The van der Waals surface area contributed by atoms with E-state index in [0.717, 1.165) is 44.3 Å². The third-order valence-corrected chi connectivity index (χ3v) is 5.27. The zero-order valence-corrected chi connectivity index (χ0v) is 13.5. The highest BCUT2D eigenvalue weighted by Gasteiger charge is 2.37. The third kappa shape index (κ3) is 3.13. The van der Waals surface area contributed by atoms with Crippen molar-refractivity contribution in [2.24, 2.45) is 5.92 Å². The second kappa shape index (κ2) is 6.74. The molecule has 1 aliphatic carbocycles. The number of nitrogens with zero attached hydrogens (tertiary/aromatic N) is 2. The molecule has 0 amide bonds. The Bertz CT molecular complexity index is 578. The molecule has 23 heavy (non-hydrogen) atoms. The van der Waals surface area contributed by atoms with Crippen molar-refractivity contribution in [1.82, 2.24) is 0 Å². The van der Waals surface area contributed by atoms with Crippen molar-refractivity contribution in [3.05, 3.63) is 28.3 Å². The number of nitro benzene ring substituents is 1. The highest BCUT2D eigenvalue weighted by atomic mass is 16.6. The lowest BCUT2D eigenvalue weighted by Gasteiger charge is -2.38. The van der Waals surface area contributed by atoms with Gasteiger partial charge in [-0.25, -0.2) is 0 Å². The Morgan fingerprint density at radius 3 is 2.74 bits per heavy atom. The van der Waals surface area contributed by atoms with Gasteiger partial charge >= 0.3 is 5.69 Å². The fraction of sp³-hybridized carbons (Fsp3) is 0.647. The molecule has 0 bridgehead atoms. The molecule has 0 spiro atoms. The van der Waals surface area contributed by atoms with Gasteiger partial charge in [-0.1, -0.05) is 12.8 Å². The molecule has 0 aromatic heterocycles. The van der Waals surface area contributed by atoms with Crippen LogP contribution in [0.15, 0.2) is 18.2 Å². The van der Waals surface area contributed by atoms with Gasteiger partial charge in [0.15, 0.2) is 5.75 Å². The summed E-state index contributed by atoms with van der Waals surface area (Å²) in [6, 6.07) is 5.39. The lowest BCUT2D eigenvalue weighted by atomic mass is 9.80. The lowest BCUT2D eigenvalue weighted by molar-refractivity contribution is -0.385. The summed E-state index contributed by atoms with van der Waals surface area (Å²) in [6.07, 6.45) is 6.17. The molecule has 1 N–H and O–H groups in total. The summed E-state index contributed by atoms with van der Waals surface area (Å²) in [6.45, 7) is 0.925. The highest BCUT2D eigenvalue weighted by molar-refractivity contribution is 5.60.